The molecule has 0 aliphatic carbocycles. The lowest BCUT2D eigenvalue weighted by Gasteiger charge is -2.28. The number of hydrogen-bond donors (Lipinski definition) is 1. The summed E-state index contributed by atoms with van der Waals surface area (Å²) < 4.78 is 11.8. The number of rotatable bonds is 1. The molecule has 19 heavy (non-hydrogen) atoms. The summed E-state index contributed by atoms with van der Waals surface area (Å²) in [5.74, 6) is 0.801. The Hall–Kier alpha value is -1.23. The fourth-order valence-electron chi connectivity index (χ4n) is 1.99. The molecule has 1 unspecified atom stereocenters. The van der Waals surface area contributed by atoms with Gasteiger partial charge in [0.05, 0.1) is 17.1 Å². The van der Waals surface area contributed by atoms with Gasteiger partial charge in [-0.15, -0.1) is 0 Å². The molecule has 0 bridgehead atoms. The Morgan fingerprint density at radius 3 is 2.89 bits per heavy atom. The fraction of sp³-hybridized carbons (Fsp3) is 0.500. The molecule has 1 aromatic rings. The molecule has 0 fully saturated rings. The van der Waals surface area contributed by atoms with Crippen molar-refractivity contribution in [1.82, 2.24) is 5.32 Å². The van der Waals surface area contributed by atoms with E-state index in [9.17, 15) is 4.79 Å². The van der Waals surface area contributed by atoms with Gasteiger partial charge in [-0.1, -0.05) is 12.1 Å². The summed E-state index contributed by atoms with van der Waals surface area (Å²) >= 11 is 3.46. The van der Waals surface area contributed by atoms with Crippen molar-refractivity contribution in [2.45, 2.75) is 38.8 Å². The molecule has 2 rings (SSSR count). The number of carbonyl (C=O) groups excluding carboxylic acids is 1. The Bertz CT molecular complexity index is 482. The quantitative estimate of drug-likeness (QED) is 0.853. The average molecular weight is 328 g/mol. The number of halogens is 1. The maximum Gasteiger partial charge on any atom is 0.408 e. The minimum Gasteiger partial charge on any atom is -0.492 e. The number of carbonyl (C=O) groups is 1. The lowest BCUT2D eigenvalue weighted by Crippen LogP contribution is -2.36. The lowest BCUT2D eigenvalue weighted by atomic mass is 10.0. The van der Waals surface area contributed by atoms with Crippen LogP contribution in [0.1, 0.15) is 38.8 Å². The average Bonchev–Trinajstić information content (AvgIpc) is 2.28. The van der Waals surface area contributed by atoms with Crippen LogP contribution in [0.3, 0.4) is 0 Å². The molecular weight excluding hydrogens is 310 g/mol. The van der Waals surface area contributed by atoms with Gasteiger partial charge in [-0.05, 0) is 42.8 Å². The van der Waals surface area contributed by atoms with Crippen LogP contribution in [0.2, 0.25) is 0 Å². The molecule has 0 spiro atoms. The zero-order valence-corrected chi connectivity index (χ0v) is 12.9. The smallest absolute Gasteiger partial charge is 0.408 e. The molecule has 0 aromatic heterocycles. The largest absolute Gasteiger partial charge is 0.492 e. The second kappa shape index (κ2) is 5.41. The number of alkyl carbamates (subject to hydrolysis) is 1. The third kappa shape index (κ3) is 3.62. The Morgan fingerprint density at radius 2 is 2.21 bits per heavy atom. The first-order valence-corrected chi connectivity index (χ1v) is 7.07. The first kappa shape index (κ1) is 14.2. The molecule has 0 saturated carbocycles. The second-order valence-electron chi connectivity index (χ2n) is 5.49. The Kier molecular flexibility index (Phi) is 4.04. The van der Waals surface area contributed by atoms with Crippen LogP contribution in [-0.4, -0.2) is 18.3 Å². The summed E-state index contributed by atoms with van der Waals surface area (Å²) in [4.78, 5) is 11.8. The minimum absolute atomic E-state index is 0.0731. The molecule has 1 N–H and O–H groups in total. The molecule has 1 aliphatic heterocycles. The van der Waals surface area contributed by atoms with Crippen molar-refractivity contribution in [1.29, 1.82) is 0 Å². The van der Waals surface area contributed by atoms with E-state index in [-0.39, 0.29) is 6.04 Å². The van der Waals surface area contributed by atoms with E-state index in [1.54, 1.807) is 0 Å². The van der Waals surface area contributed by atoms with Gasteiger partial charge in [0.2, 0.25) is 0 Å². The highest BCUT2D eigenvalue weighted by molar-refractivity contribution is 9.10. The Labute approximate surface area is 121 Å². The Balaban J connectivity index is 2.12. The van der Waals surface area contributed by atoms with Crippen LogP contribution < -0.4 is 10.1 Å². The number of ether oxygens (including phenoxy) is 2. The van der Waals surface area contributed by atoms with Gasteiger partial charge in [0, 0.05) is 12.0 Å². The van der Waals surface area contributed by atoms with Crippen LogP contribution in [-0.2, 0) is 4.74 Å². The van der Waals surface area contributed by atoms with E-state index in [4.69, 9.17) is 9.47 Å². The molecule has 1 atom stereocenters. The molecular formula is C14H18BrNO3. The van der Waals surface area contributed by atoms with E-state index in [1.807, 2.05) is 39.0 Å². The fourth-order valence-corrected chi connectivity index (χ4v) is 2.48. The molecule has 1 amide bonds. The van der Waals surface area contributed by atoms with Crippen molar-refractivity contribution in [2.75, 3.05) is 6.61 Å². The standard InChI is InChI=1S/C14H18BrNO3/c1-14(2,3)19-13(17)16-11-7-8-18-12-9(11)5-4-6-10(12)15/h4-6,11H,7-8H2,1-3H3,(H,16,17). The van der Waals surface area contributed by atoms with Gasteiger partial charge in [-0.3, -0.25) is 0 Å². The van der Waals surface area contributed by atoms with Gasteiger partial charge in [-0.2, -0.15) is 0 Å². The Morgan fingerprint density at radius 1 is 1.47 bits per heavy atom. The van der Waals surface area contributed by atoms with Crippen LogP contribution >= 0.6 is 15.9 Å². The van der Waals surface area contributed by atoms with E-state index >= 15 is 0 Å². The molecule has 0 saturated heterocycles. The molecule has 1 aromatic carbocycles. The summed E-state index contributed by atoms with van der Waals surface area (Å²) in [7, 11) is 0. The summed E-state index contributed by atoms with van der Waals surface area (Å²) in [5, 5.41) is 2.90. The van der Waals surface area contributed by atoms with Gasteiger partial charge in [0.1, 0.15) is 11.4 Å². The maximum atomic E-state index is 11.8. The van der Waals surface area contributed by atoms with Crippen molar-refractivity contribution in [3.05, 3.63) is 28.2 Å². The van der Waals surface area contributed by atoms with Crippen LogP contribution in [0.15, 0.2) is 22.7 Å². The molecule has 1 heterocycles. The molecule has 1 aliphatic rings. The summed E-state index contributed by atoms with van der Waals surface area (Å²) in [6, 6.07) is 5.74. The highest BCUT2D eigenvalue weighted by atomic mass is 79.9. The van der Waals surface area contributed by atoms with Crippen molar-refractivity contribution in [3.63, 3.8) is 0 Å². The van der Waals surface area contributed by atoms with Crippen LogP contribution in [0.4, 0.5) is 4.79 Å². The highest BCUT2D eigenvalue weighted by Crippen LogP contribution is 2.37. The van der Waals surface area contributed by atoms with Crippen LogP contribution in [0.25, 0.3) is 0 Å². The lowest BCUT2D eigenvalue weighted by molar-refractivity contribution is 0.0491. The zero-order chi connectivity index (χ0) is 14.0. The molecule has 4 nitrogen and oxygen atoms in total. The number of amides is 1. The predicted molar refractivity (Wildman–Crippen MR) is 76.4 cm³/mol. The topological polar surface area (TPSA) is 47.6 Å². The van der Waals surface area contributed by atoms with E-state index < -0.39 is 11.7 Å². The van der Waals surface area contributed by atoms with Gasteiger partial charge in [-0.25, -0.2) is 4.79 Å². The monoisotopic (exact) mass is 327 g/mol. The summed E-state index contributed by atoms with van der Waals surface area (Å²) in [6.45, 7) is 6.12. The molecule has 5 heteroatoms. The first-order valence-electron chi connectivity index (χ1n) is 6.27. The van der Waals surface area contributed by atoms with E-state index in [0.29, 0.717) is 6.61 Å². The van der Waals surface area contributed by atoms with Crippen LogP contribution in [0.5, 0.6) is 5.75 Å². The number of benzene rings is 1. The molecule has 0 radical (unpaired) electrons. The van der Waals surface area contributed by atoms with Gasteiger partial charge >= 0.3 is 6.09 Å². The number of nitrogens with one attached hydrogen (secondary N) is 1. The van der Waals surface area contributed by atoms with Crippen molar-refractivity contribution < 1.29 is 14.3 Å². The SMILES string of the molecule is CC(C)(C)OC(=O)NC1CCOc2c(Br)cccc21. The predicted octanol–water partition coefficient (Wildman–Crippen LogP) is 3.80. The highest BCUT2D eigenvalue weighted by Gasteiger charge is 2.26. The third-order valence-corrected chi connectivity index (χ3v) is 3.34. The van der Waals surface area contributed by atoms with E-state index in [1.165, 1.54) is 0 Å². The zero-order valence-electron chi connectivity index (χ0n) is 11.3. The third-order valence-electron chi connectivity index (χ3n) is 2.72. The van der Waals surface area contributed by atoms with Crippen molar-refractivity contribution in [2.24, 2.45) is 0 Å². The van der Waals surface area contributed by atoms with Gasteiger partial charge < -0.3 is 14.8 Å². The van der Waals surface area contributed by atoms with Gasteiger partial charge in [0.25, 0.3) is 0 Å². The van der Waals surface area contributed by atoms with E-state index in [0.717, 1.165) is 22.2 Å². The normalized spacial score (nSPS) is 18.2. The minimum atomic E-state index is -0.491. The molecule has 104 valence electrons. The van der Waals surface area contributed by atoms with E-state index in [2.05, 4.69) is 21.2 Å². The number of para-hydroxylation sites is 1. The van der Waals surface area contributed by atoms with Crippen LogP contribution in [0, 0.1) is 0 Å². The summed E-state index contributed by atoms with van der Waals surface area (Å²) in [5.41, 5.74) is 0.488. The number of fused-ring (bicyclic) bond motifs is 1. The summed E-state index contributed by atoms with van der Waals surface area (Å²) in [6.07, 6.45) is 0.341. The first-order chi connectivity index (χ1) is 8.87. The maximum absolute atomic E-state index is 11.8. The van der Waals surface area contributed by atoms with Gasteiger partial charge in [0.15, 0.2) is 0 Å². The second-order valence-corrected chi connectivity index (χ2v) is 6.35. The van der Waals surface area contributed by atoms with Crippen molar-refractivity contribution in [3.8, 4) is 5.75 Å². The number of hydrogen-bond acceptors (Lipinski definition) is 3. The van der Waals surface area contributed by atoms with Crippen molar-refractivity contribution >= 4 is 22.0 Å².